The summed E-state index contributed by atoms with van der Waals surface area (Å²) in [7, 11) is 0. The van der Waals surface area contributed by atoms with Crippen molar-refractivity contribution in [1.82, 2.24) is 9.88 Å². The molecule has 0 fully saturated rings. The standard InChI is InChI=1S/C17H15ClF3N5O/c18-11-2-1-9(19)3-10(11)15-16-12(23)4-13(26(16)7-14(27)25-15)8(5-22)6-24-17(20)21/h1-6,15,17H,7,22-23H2,(H,25,27)/b8-5+,24-6+. The van der Waals surface area contributed by atoms with Crippen molar-refractivity contribution in [3.05, 3.63) is 58.3 Å². The Morgan fingerprint density at radius 2 is 2.15 bits per heavy atom. The smallest absolute Gasteiger partial charge is 0.331 e. The van der Waals surface area contributed by atoms with Gasteiger partial charge in [0.15, 0.2) is 0 Å². The number of hydrogen-bond donors (Lipinski definition) is 3. The molecule has 5 N–H and O–H groups in total. The van der Waals surface area contributed by atoms with E-state index < -0.39 is 18.4 Å². The van der Waals surface area contributed by atoms with Crippen molar-refractivity contribution in [2.24, 2.45) is 10.7 Å². The molecule has 0 bridgehead atoms. The predicted molar refractivity (Wildman–Crippen MR) is 96.9 cm³/mol. The summed E-state index contributed by atoms with van der Waals surface area (Å²) in [5.74, 6) is -0.912. The number of rotatable bonds is 4. The fourth-order valence-electron chi connectivity index (χ4n) is 3.03. The van der Waals surface area contributed by atoms with Crippen LogP contribution < -0.4 is 16.8 Å². The first-order valence-electron chi connectivity index (χ1n) is 7.78. The van der Waals surface area contributed by atoms with Gasteiger partial charge in [0.25, 0.3) is 0 Å². The van der Waals surface area contributed by atoms with Crippen LogP contribution in [-0.2, 0) is 11.3 Å². The van der Waals surface area contributed by atoms with E-state index in [1.54, 1.807) is 0 Å². The van der Waals surface area contributed by atoms with E-state index in [0.717, 1.165) is 12.4 Å². The Labute approximate surface area is 157 Å². The third-order valence-electron chi connectivity index (χ3n) is 4.12. The summed E-state index contributed by atoms with van der Waals surface area (Å²) >= 11 is 6.17. The molecule has 3 rings (SSSR count). The second-order valence-corrected chi connectivity index (χ2v) is 6.21. The van der Waals surface area contributed by atoms with Gasteiger partial charge in [-0.15, -0.1) is 0 Å². The van der Waals surface area contributed by atoms with Gasteiger partial charge in [0.1, 0.15) is 12.4 Å². The summed E-state index contributed by atoms with van der Waals surface area (Å²) in [4.78, 5) is 15.3. The van der Waals surface area contributed by atoms with Gasteiger partial charge in [-0.05, 0) is 24.3 Å². The highest BCUT2D eigenvalue weighted by molar-refractivity contribution is 6.31. The number of aliphatic imine (C=N–C) groups is 1. The van der Waals surface area contributed by atoms with Crippen molar-refractivity contribution < 1.29 is 18.0 Å². The molecular formula is C17H15ClF3N5O. The van der Waals surface area contributed by atoms with E-state index in [0.29, 0.717) is 17.0 Å². The average molecular weight is 398 g/mol. The molecular weight excluding hydrogens is 383 g/mol. The van der Waals surface area contributed by atoms with Crippen LogP contribution >= 0.6 is 11.6 Å². The number of hydrogen-bond acceptors (Lipinski definition) is 4. The minimum atomic E-state index is -2.91. The molecule has 142 valence electrons. The van der Waals surface area contributed by atoms with Crippen molar-refractivity contribution in [3.63, 3.8) is 0 Å². The van der Waals surface area contributed by atoms with E-state index in [9.17, 15) is 18.0 Å². The lowest BCUT2D eigenvalue weighted by Gasteiger charge is -2.28. The summed E-state index contributed by atoms with van der Waals surface area (Å²) < 4.78 is 40.1. The molecule has 1 aromatic carbocycles. The highest BCUT2D eigenvalue weighted by atomic mass is 35.5. The Balaban J connectivity index is 2.15. The molecule has 2 heterocycles. The van der Waals surface area contributed by atoms with Crippen LogP contribution in [0.5, 0.6) is 0 Å². The minimum Gasteiger partial charge on any atom is -0.404 e. The largest absolute Gasteiger partial charge is 0.404 e. The van der Waals surface area contributed by atoms with E-state index in [1.165, 1.54) is 28.8 Å². The topological polar surface area (TPSA) is 98.4 Å². The van der Waals surface area contributed by atoms with E-state index in [2.05, 4.69) is 10.3 Å². The third-order valence-corrected chi connectivity index (χ3v) is 4.46. The van der Waals surface area contributed by atoms with Crippen molar-refractivity contribution in [1.29, 1.82) is 0 Å². The van der Waals surface area contributed by atoms with Crippen molar-refractivity contribution in [2.75, 3.05) is 5.73 Å². The Hall–Kier alpha value is -2.94. The van der Waals surface area contributed by atoms with Crippen LogP contribution in [0.3, 0.4) is 0 Å². The SMILES string of the molecule is N/C=C(\C=N\C(F)F)c1cc(N)c2n1CC(=O)NC2c1cc(F)ccc1Cl. The molecule has 10 heteroatoms. The molecule has 0 saturated carbocycles. The van der Waals surface area contributed by atoms with E-state index >= 15 is 0 Å². The number of nitrogens with two attached hydrogens (primary N) is 2. The fraction of sp³-hybridized carbons (Fsp3) is 0.176. The van der Waals surface area contributed by atoms with Crippen molar-refractivity contribution in [2.45, 2.75) is 19.1 Å². The number of nitrogen functional groups attached to an aromatic ring is 1. The maximum atomic E-state index is 13.7. The number of allylic oxidation sites excluding steroid dienone is 1. The first kappa shape index (κ1) is 18.8. The first-order chi connectivity index (χ1) is 12.8. The third kappa shape index (κ3) is 3.63. The van der Waals surface area contributed by atoms with Gasteiger partial charge in [-0.3, -0.25) is 4.79 Å². The minimum absolute atomic E-state index is 0.120. The molecule has 27 heavy (non-hydrogen) atoms. The summed E-state index contributed by atoms with van der Waals surface area (Å²) in [5, 5.41) is 2.96. The Morgan fingerprint density at radius 1 is 1.41 bits per heavy atom. The summed E-state index contributed by atoms with van der Waals surface area (Å²) in [5.41, 5.74) is 13.2. The van der Waals surface area contributed by atoms with Crippen LogP contribution in [0.25, 0.3) is 5.57 Å². The molecule has 0 radical (unpaired) electrons. The maximum absolute atomic E-state index is 13.7. The number of halogens is 4. The van der Waals surface area contributed by atoms with Gasteiger partial charge in [0, 0.05) is 28.6 Å². The van der Waals surface area contributed by atoms with Crippen LogP contribution in [0.4, 0.5) is 18.9 Å². The van der Waals surface area contributed by atoms with Gasteiger partial charge in [-0.2, -0.15) is 8.78 Å². The number of benzene rings is 1. The quantitative estimate of drug-likeness (QED) is 0.546. The van der Waals surface area contributed by atoms with Crippen LogP contribution in [0.2, 0.25) is 5.02 Å². The van der Waals surface area contributed by atoms with Crippen molar-refractivity contribution >= 4 is 35.0 Å². The van der Waals surface area contributed by atoms with Crippen LogP contribution in [0, 0.1) is 5.82 Å². The molecule has 0 spiro atoms. The zero-order valence-corrected chi connectivity index (χ0v) is 14.6. The van der Waals surface area contributed by atoms with Gasteiger partial charge in [0.2, 0.25) is 5.91 Å². The van der Waals surface area contributed by atoms with Crippen LogP contribution in [0.15, 0.2) is 35.5 Å². The van der Waals surface area contributed by atoms with Gasteiger partial charge in [-0.1, -0.05) is 11.6 Å². The number of fused-ring (bicyclic) bond motifs is 1. The summed E-state index contributed by atoms with van der Waals surface area (Å²) in [6.07, 6.45) is 1.99. The number of aromatic nitrogens is 1. The second-order valence-electron chi connectivity index (χ2n) is 5.80. The van der Waals surface area contributed by atoms with Gasteiger partial charge in [-0.25, -0.2) is 9.38 Å². The molecule has 2 aromatic rings. The highest BCUT2D eigenvalue weighted by Gasteiger charge is 2.32. The number of amides is 1. The first-order valence-corrected chi connectivity index (χ1v) is 8.16. The van der Waals surface area contributed by atoms with Gasteiger partial charge < -0.3 is 21.4 Å². The fourth-order valence-corrected chi connectivity index (χ4v) is 3.25. The Kier molecular flexibility index (Phi) is 5.13. The zero-order valence-electron chi connectivity index (χ0n) is 13.8. The maximum Gasteiger partial charge on any atom is 0.331 e. The molecule has 0 saturated heterocycles. The molecule has 1 aromatic heterocycles. The molecule has 1 unspecified atom stereocenters. The summed E-state index contributed by atoms with van der Waals surface area (Å²) in [6.45, 7) is -3.03. The number of carbonyl (C=O) groups excluding carboxylic acids is 1. The average Bonchev–Trinajstić information content (AvgIpc) is 2.93. The van der Waals surface area contributed by atoms with Crippen molar-refractivity contribution in [3.8, 4) is 0 Å². The number of alkyl halides is 2. The van der Waals surface area contributed by atoms with E-state index in [1.807, 2.05) is 0 Å². The molecule has 1 atom stereocenters. The lowest BCUT2D eigenvalue weighted by atomic mass is 10.0. The summed E-state index contributed by atoms with van der Waals surface area (Å²) in [6, 6.07) is 4.45. The number of anilines is 1. The highest BCUT2D eigenvalue weighted by Crippen LogP contribution is 2.37. The number of nitrogens with zero attached hydrogens (tertiary/aromatic N) is 2. The van der Waals surface area contributed by atoms with Crippen LogP contribution in [-0.4, -0.2) is 23.2 Å². The second kappa shape index (κ2) is 7.36. The number of carbonyl (C=O) groups is 1. The lowest BCUT2D eigenvalue weighted by Crippen LogP contribution is -2.39. The van der Waals surface area contributed by atoms with E-state index in [-0.39, 0.29) is 28.7 Å². The molecule has 1 aliphatic heterocycles. The molecule has 1 amide bonds. The molecule has 1 aliphatic rings. The van der Waals surface area contributed by atoms with Gasteiger partial charge in [0.05, 0.1) is 23.1 Å². The number of nitrogens with one attached hydrogen (secondary N) is 1. The Bertz CT molecular complexity index is 954. The normalized spacial score (nSPS) is 17.4. The monoisotopic (exact) mass is 397 g/mol. The Morgan fingerprint density at radius 3 is 2.81 bits per heavy atom. The van der Waals surface area contributed by atoms with Crippen LogP contribution in [0.1, 0.15) is 23.0 Å². The van der Waals surface area contributed by atoms with Gasteiger partial charge >= 0.3 is 6.55 Å². The molecule has 0 aliphatic carbocycles. The zero-order chi connectivity index (χ0) is 19.7. The predicted octanol–water partition coefficient (Wildman–Crippen LogP) is 2.68. The van der Waals surface area contributed by atoms with E-state index in [4.69, 9.17) is 23.1 Å². The lowest BCUT2D eigenvalue weighted by molar-refractivity contribution is -0.123. The molecule has 6 nitrogen and oxygen atoms in total.